The van der Waals surface area contributed by atoms with Gasteiger partial charge >= 0.3 is 6.03 Å². The molecule has 3 amide bonds. The average molecular weight is 448 g/mol. The van der Waals surface area contributed by atoms with Crippen molar-refractivity contribution in [2.45, 2.75) is 25.8 Å². The summed E-state index contributed by atoms with van der Waals surface area (Å²) in [5.74, 6) is -0.845. The quantitative estimate of drug-likeness (QED) is 0.602. The van der Waals surface area contributed by atoms with Crippen molar-refractivity contribution >= 4 is 46.5 Å². The van der Waals surface area contributed by atoms with E-state index in [9.17, 15) is 18.4 Å². The van der Waals surface area contributed by atoms with Crippen LogP contribution in [0.3, 0.4) is 0 Å². The lowest BCUT2D eigenvalue weighted by molar-refractivity contribution is -0.114. The van der Waals surface area contributed by atoms with Gasteiger partial charge in [0.15, 0.2) is 0 Å². The fourth-order valence-electron chi connectivity index (χ4n) is 2.59. The fraction of sp³-hybridized carbons (Fsp3) is 0.389. The van der Waals surface area contributed by atoms with Crippen LogP contribution in [0.1, 0.15) is 19.4 Å². The summed E-state index contributed by atoms with van der Waals surface area (Å²) in [6, 6.07) is 3.84. The van der Waals surface area contributed by atoms with Crippen molar-refractivity contribution < 1.29 is 18.4 Å². The van der Waals surface area contributed by atoms with E-state index >= 15 is 0 Å². The molecule has 0 aliphatic carbocycles. The molecule has 158 valence electrons. The highest BCUT2D eigenvalue weighted by Gasteiger charge is 2.34. The standard InChI is InChI=1S/C18H21Cl2F2N5O2/c1-18(2,16(21)22)26-17(29)27-6-5-25-12(8-27)13(15(24)28)14(23)9-3-4-10(19)11(20)7-9/h3-4,7,16H,5-6,8,23H2,1-2H3,(H2,24,28)(H,26,29). The number of carbonyl (C=O) groups excluding carboxylic acids is 2. The van der Waals surface area contributed by atoms with Crippen LogP contribution < -0.4 is 16.8 Å². The molecule has 7 nitrogen and oxygen atoms in total. The van der Waals surface area contributed by atoms with Gasteiger partial charge in [0.1, 0.15) is 0 Å². The molecule has 1 aliphatic rings. The molecule has 2 rings (SSSR count). The smallest absolute Gasteiger partial charge is 0.318 e. The molecule has 0 atom stereocenters. The van der Waals surface area contributed by atoms with Crippen LogP contribution in [0.2, 0.25) is 10.0 Å². The molecule has 0 unspecified atom stereocenters. The van der Waals surface area contributed by atoms with Crippen LogP contribution >= 0.6 is 23.2 Å². The van der Waals surface area contributed by atoms with E-state index in [4.69, 9.17) is 34.7 Å². The van der Waals surface area contributed by atoms with Gasteiger partial charge in [-0.3, -0.25) is 9.79 Å². The number of primary amides is 1. The summed E-state index contributed by atoms with van der Waals surface area (Å²) in [6.07, 6.45) is -2.75. The topological polar surface area (TPSA) is 114 Å². The number of nitrogens with zero attached hydrogens (tertiary/aromatic N) is 2. The van der Waals surface area contributed by atoms with E-state index in [-0.39, 0.29) is 41.6 Å². The van der Waals surface area contributed by atoms with E-state index in [2.05, 4.69) is 10.3 Å². The minimum Gasteiger partial charge on any atom is -0.398 e. The SMILES string of the molecule is CC(C)(NC(=O)N1CCN=C(C(C(N)=O)=C(N)c2ccc(Cl)c(Cl)c2)C1)C(F)F. The highest BCUT2D eigenvalue weighted by Crippen LogP contribution is 2.26. The summed E-state index contributed by atoms with van der Waals surface area (Å²) in [5.41, 5.74) is 10.4. The summed E-state index contributed by atoms with van der Waals surface area (Å²) in [7, 11) is 0. The Kier molecular flexibility index (Phi) is 7.07. The Morgan fingerprint density at radius 3 is 2.45 bits per heavy atom. The second kappa shape index (κ2) is 8.96. The van der Waals surface area contributed by atoms with Crippen LogP contribution in [0.15, 0.2) is 28.8 Å². The van der Waals surface area contributed by atoms with Crippen LogP contribution in [0.5, 0.6) is 0 Å². The molecule has 1 heterocycles. The van der Waals surface area contributed by atoms with Crippen LogP contribution in [0, 0.1) is 0 Å². The van der Waals surface area contributed by atoms with Gasteiger partial charge in [-0.25, -0.2) is 13.6 Å². The third-order valence-electron chi connectivity index (χ3n) is 4.31. The average Bonchev–Trinajstić information content (AvgIpc) is 2.63. The number of urea groups is 1. The molecular formula is C18H21Cl2F2N5O2. The molecule has 0 bridgehead atoms. The molecule has 0 saturated heterocycles. The number of nitrogens with one attached hydrogen (secondary N) is 1. The molecule has 1 aromatic carbocycles. The van der Waals surface area contributed by atoms with Gasteiger partial charge in [-0.15, -0.1) is 0 Å². The minimum absolute atomic E-state index is 0.0185. The highest BCUT2D eigenvalue weighted by molar-refractivity contribution is 6.42. The maximum atomic E-state index is 13.0. The number of hydrogen-bond acceptors (Lipinski definition) is 4. The fourth-order valence-corrected chi connectivity index (χ4v) is 2.89. The first kappa shape index (κ1) is 22.9. The highest BCUT2D eigenvalue weighted by atomic mass is 35.5. The number of rotatable bonds is 5. The Bertz CT molecular complexity index is 887. The monoisotopic (exact) mass is 447 g/mol. The Morgan fingerprint density at radius 1 is 1.24 bits per heavy atom. The molecule has 0 aromatic heterocycles. The first-order chi connectivity index (χ1) is 13.4. The first-order valence-electron chi connectivity index (χ1n) is 8.58. The molecule has 0 fully saturated rings. The molecule has 1 aliphatic heterocycles. The Morgan fingerprint density at radius 2 is 1.90 bits per heavy atom. The summed E-state index contributed by atoms with van der Waals surface area (Å²) < 4.78 is 26.1. The van der Waals surface area contributed by atoms with Gasteiger partial charge in [0.2, 0.25) is 0 Å². The normalized spacial score (nSPS) is 15.7. The summed E-state index contributed by atoms with van der Waals surface area (Å²) >= 11 is 11.9. The third-order valence-corrected chi connectivity index (χ3v) is 5.05. The molecule has 29 heavy (non-hydrogen) atoms. The van der Waals surface area contributed by atoms with E-state index in [1.54, 1.807) is 6.07 Å². The van der Waals surface area contributed by atoms with Gasteiger partial charge in [0, 0.05) is 6.54 Å². The van der Waals surface area contributed by atoms with Gasteiger partial charge in [0.05, 0.1) is 45.7 Å². The number of benzene rings is 1. The van der Waals surface area contributed by atoms with Crippen LogP contribution in [0.4, 0.5) is 13.6 Å². The summed E-state index contributed by atoms with van der Waals surface area (Å²) in [5, 5.41) is 2.82. The molecule has 5 N–H and O–H groups in total. The van der Waals surface area contributed by atoms with E-state index < -0.39 is 23.9 Å². The van der Waals surface area contributed by atoms with Gasteiger partial charge in [-0.05, 0) is 31.5 Å². The van der Waals surface area contributed by atoms with Gasteiger partial charge in [0.25, 0.3) is 12.3 Å². The second-order valence-corrected chi connectivity index (χ2v) is 7.80. The van der Waals surface area contributed by atoms with Crippen molar-refractivity contribution in [3.8, 4) is 0 Å². The number of carbonyl (C=O) groups is 2. The lowest BCUT2D eigenvalue weighted by atomic mass is 10.0. The van der Waals surface area contributed by atoms with Crippen molar-refractivity contribution in [2.24, 2.45) is 16.5 Å². The maximum Gasteiger partial charge on any atom is 0.318 e. The van der Waals surface area contributed by atoms with Gasteiger partial charge < -0.3 is 21.7 Å². The zero-order valence-corrected chi connectivity index (χ0v) is 17.3. The first-order valence-corrected chi connectivity index (χ1v) is 9.33. The van der Waals surface area contributed by atoms with Crippen molar-refractivity contribution in [2.75, 3.05) is 19.6 Å². The number of nitrogens with two attached hydrogens (primary N) is 2. The van der Waals surface area contributed by atoms with Crippen LogP contribution in [-0.4, -0.2) is 54.1 Å². The van der Waals surface area contributed by atoms with E-state index in [0.717, 1.165) is 0 Å². The van der Waals surface area contributed by atoms with Crippen molar-refractivity contribution in [1.29, 1.82) is 0 Å². The van der Waals surface area contributed by atoms with E-state index in [0.29, 0.717) is 10.6 Å². The number of aliphatic imine (C=N–C) groups is 1. The third kappa shape index (κ3) is 5.36. The second-order valence-electron chi connectivity index (χ2n) is 6.98. The van der Waals surface area contributed by atoms with Crippen LogP contribution in [-0.2, 0) is 4.79 Å². The van der Waals surface area contributed by atoms with Gasteiger partial charge in [-0.2, -0.15) is 0 Å². The van der Waals surface area contributed by atoms with Crippen molar-refractivity contribution in [3.05, 3.63) is 39.4 Å². The molecule has 1 aromatic rings. The van der Waals surface area contributed by atoms with Crippen LogP contribution in [0.25, 0.3) is 5.70 Å². The zero-order valence-electron chi connectivity index (χ0n) is 15.8. The lowest BCUT2D eigenvalue weighted by Gasteiger charge is -2.32. The maximum absolute atomic E-state index is 13.0. The van der Waals surface area contributed by atoms with Crippen molar-refractivity contribution in [3.63, 3.8) is 0 Å². The molecular weight excluding hydrogens is 427 g/mol. The molecule has 0 spiro atoms. The predicted molar refractivity (Wildman–Crippen MR) is 109 cm³/mol. The number of hydrogen-bond donors (Lipinski definition) is 3. The summed E-state index contributed by atoms with van der Waals surface area (Å²) in [6.45, 7) is 2.65. The predicted octanol–water partition coefficient (Wildman–Crippen LogP) is 2.66. The van der Waals surface area contributed by atoms with E-state index in [1.807, 2.05) is 0 Å². The zero-order chi connectivity index (χ0) is 21.9. The minimum atomic E-state index is -2.75. The number of amides is 3. The Balaban J connectivity index is 2.32. The summed E-state index contributed by atoms with van der Waals surface area (Å²) in [4.78, 5) is 30.0. The number of alkyl halides is 2. The Labute approximate surface area is 176 Å². The van der Waals surface area contributed by atoms with Crippen molar-refractivity contribution in [1.82, 2.24) is 10.2 Å². The largest absolute Gasteiger partial charge is 0.398 e. The number of halogens is 4. The lowest BCUT2D eigenvalue weighted by Crippen LogP contribution is -2.56. The van der Waals surface area contributed by atoms with E-state index in [1.165, 1.54) is 30.9 Å². The molecule has 0 radical (unpaired) electrons. The molecule has 11 heteroatoms. The van der Waals surface area contributed by atoms with Gasteiger partial charge in [-0.1, -0.05) is 29.3 Å². The molecule has 0 saturated carbocycles. The Hall–Kier alpha value is -2.39.